The summed E-state index contributed by atoms with van der Waals surface area (Å²) in [6, 6.07) is 7.03. The fourth-order valence-corrected chi connectivity index (χ4v) is 3.88. The maximum absolute atomic E-state index is 12.3. The van der Waals surface area contributed by atoms with Gasteiger partial charge in [0.25, 0.3) is 0 Å². The molecule has 8 heteroatoms. The minimum Gasteiger partial charge on any atom is -0.462 e. The van der Waals surface area contributed by atoms with Gasteiger partial charge >= 0.3 is 5.97 Å². The van der Waals surface area contributed by atoms with Crippen LogP contribution in [-0.4, -0.2) is 50.6 Å². The van der Waals surface area contributed by atoms with Crippen molar-refractivity contribution < 1.29 is 14.3 Å². The van der Waals surface area contributed by atoms with Crippen LogP contribution >= 0.6 is 0 Å². The Balaban J connectivity index is 2.05. The molecule has 0 bridgehead atoms. The third-order valence-corrected chi connectivity index (χ3v) is 5.70. The average molecular weight is 385 g/mol. The molecule has 1 amide bonds. The summed E-state index contributed by atoms with van der Waals surface area (Å²) in [5.41, 5.74) is 0.537. The van der Waals surface area contributed by atoms with Crippen LogP contribution in [0.25, 0.3) is 5.69 Å². The van der Waals surface area contributed by atoms with Crippen LogP contribution in [0.2, 0.25) is 0 Å². The Morgan fingerprint density at radius 2 is 2.04 bits per heavy atom. The van der Waals surface area contributed by atoms with Crippen LogP contribution in [0.1, 0.15) is 62.6 Å². The predicted octanol–water partition coefficient (Wildman–Crippen LogP) is 2.72. The highest BCUT2D eigenvalue weighted by Gasteiger charge is 2.45. The van der Waals surface area contributed by atoms with E-state index in [-0.39, 0.29) is 11.9 Å². The molecular weight excluding hydrogens is 358 g/mol. The van der Waals surface area contributed by atoms with Crippen molar-refractivity contribution >= 4 is 11.9 Å². The lowest BCUT2D eigenvalue weighted by Gasteiger charge is -2.44. The summed E-state index contributed by atoms with van der Waals surface area (Å²) in [4.78, 5) is 26.1. The molecule has 28 heavy (non-hydrogen) atoms. The molecule has 1 aliphatic rings. The lowest BCUT2D eigenvalue weighted by Crippen LogP contribution is -2.50. The summed E-state index contributed by atoms with van der Waals surface area (Å²) >= 11 is 0. The molecule has 1 heterocycles. The van der Waals surface area contributed by atoms with Crippen molar-refractivity contribution in [1.29, 1.82) is 0 Å². The zero-order chi connectivity index (χ0) is 20.3. The summed E-state index contributed by atoms with van der Waals surface area (Å²) in [5.74, 6) is 0.813. The third-order valence-electron chi connectivity index (χ3n) is 5.70. The second-order valence-electron chi connectivity index (χ2n) is 7.48. The lowest BCUT2D eigenvalue weighted by atomic mass is 9.75. The van der Waals surface area contributed by atoms with Crippen molar-refractivity contribution in [1.82, 2.24) is 25.1 Å². The average Bonchev–Trinajstić information content (AvgIpc) is 3.19. The van der Waals surface area contributed by atoms with Crippen molar-refractivity contribution in [3.05, 3.63) is 35.7 Å². The van der Waals surface area contributed by atoms with E-state index in [4.69, 9.17) is 4.74 Å². The van der Waals surface area contributed by atoms with Gasteiger partial charge in [0.2, 0.25) is 5.91 Å². The van der Waals surface area contributed by atoms with E-state index in [0.29, 0.717) is 29.6 Å². The van der Waals surface area contributed by atoms with Crippen LogP contribution in [0.4, 0.5) is 0 Å². The maximum atomic E-state index is 12.3. The molecule has 0 unspecified atom stereocenters. The van der Waals surface area contributed by atoms with E-state index in [1.807, 2.05) is 13.1 Å². The van der Waals surface area contributed by atoms with Crippen LogP contribution in [0, 0.1) is 5.92 Å². The molecule has 1 aromatic heterocycles. The largest absolute Gasteiger partial charge is 0.462 e. The van der Waals surface area contributed by atoms with Crippen molar-refractivity contribution in [2.75, 3.05) is 13.7 Å². The summed E-state index contributed by atoms with van der Waals surface area (Å²) in [6.45, 7) is 5.87. The smallest absolute Gasteiger partial charge is 0.338 e. The van der Waals surface area contributed by atoms with E-state index in [1.54, 1.807) is 41.6 Å². The minimum atomic E-state index is -0.568. The summed E-state index contributed by atoms with van der Waals surface area (Å²) in [5, 5.41) is 12.4. The van der Waals surface area contributed by atoms with Gasteiger partial charge in [0.15, 0.2) is 5.82 Å². The minimum absolute atomic E-state index is 0.0237. The molecule has 0 saturated heterocycles. The topological polar surface area (TPSA) is 90.2 Å². The monoisotopic (exact) mass is 385 g/mol. The van der Waals surface area contributed by atoms with Crippen LogP contribution in [0.5, 0.6) is 0 Å². The number of benzene rings is 1. The standard InChI is InChI=1S/C20H27N5O3/c1-5-28-18(27)16-7-6-8-17(13-16)25-19(21-22-23-25)20(24(4)15(3)26)11-9-14(2)10-12-20/h6-8,13-14H,5,9-12H2,1-4H3. The number of aromatic nitrogens is 4. The Labute approximate surface area is 164 Å². The first-order valence-corrected chi connectivity index (χ1v) is 9.70. The fourth-order valence-electron chi connectivity index (χ4n) is 3.88. The number of carbonyl (C=O) groups excluding carboxylic acids is 2. The number of nitrogens with zero attached hydrogens (tertiary/aromatic N) is 5. The first-order chi connectivity index (χ1) is 13.4. The van der Waals surface area contributed by atoms with E-state index >= 15 is 0 Å². The van der Waals surface area contributed by atoms with E-state index in [2.05, 4.69) is 22.4 Å². The van der Waals surface area contributed by atoms with Crippen molar-refractivity contribution in [2.45, 2.75) is 52.0 Å². The number of esters is 1. The molecule has 0 N–H and O–H groups in total. The van der Waals surface area contributed by atoms with E-state index in [0.717, 1.165) is 25.7 Å². The molecule has 1 aliphatic carbocycles. The van der Waals surface area contributed by atoms with Gasteiger partial charge in [-0.2, -0.15) is 4.68 Å². The highest BCUT2D eigenvalue weighted by atomic mass is 16.5. The second-order valence-corrected chi connectivity index (χ2v) is 7.48. The number of carbonyl (C=O) groups is 2. The lowest BCUT2D eigenvalue weighted by molar-refractivity contribution is -0.136. The van der Waals surface area contributed by atoms with Crippen molar-refractivity contribution in [2.24, 2.45) is 5.92 Å². The number of ether oxygens (including phenoxy) is 1. The fraction of sp³-hybridized carbons (Fsp3) is 0.550. The van der Waals surface area contributed by atoms with Gasteiger partial charge < -0.3 is 9.64 Å². The molecule has 1 aromatic carbocycles. The van der Waals surface area contributed by atoms with E-state index in [1.165, 1.54) is 0 Å². The summed E-state index contributed by atoms with van der Waals surface area (Å²) in [6.07, 6.45) is 3.57. The Morgan fingerprint density at radius 1 is 1.32 bits per heavy atom. The van der Waals surface area contributed by atoms with E-state index < -0.39 is 5.54 Å². The molecule has 8 nitrogen and oxygen atoms in total. The third kappa shape index (κ3) is 3.63. The van der Waals surface area contributed by atoms with Crippen molar-refractivity contribution in [3.8, 4) is 5.69 Å². The van der Waals surface area contributed by atoms with Crippen LogP contribution in [0.3, 0.4) is 0 Å². The first-order valence-electron chi connectivity index (χ1n) is 9.70. The van der Waals surface area contributed by atoms with Crippen LogP contribution in [0.15, 0.2) is 24.3 Å². The van der Waals surface area contributed by atoms with Gasteiger partial charge in [-0.05, 0) is 67.2 Å². The second kappa shape index (κ2) is 8.08. The van der Waals surface area contributed by atoms with Crippen molar-refractivity contribution in [3.63, 3.8) is 0 Å². The van der Waals surface area contributed by atoms with Gasteiger partial charge in [0.1, 0.15) is 5.54 Å². The number of amides is 1. The Morgan fingerprint density at radius 3 is 2.68 bits per heavy atom. The molecule has 0 spiro atoms. The Kier molecular flexibility index (Phi) is 5.76. The molecule has 1 fully saturated rings. The van der Waals surface area contributed by atoms with Crippen LogP contribution in [-0.2, 0) is 15.1 Å². The molecule has 1 saturated carbocycles. The first kappa shape index (κ1) is 20.0. The molecule has 150 valence electrons. The Bertz CT molecular complexity index is 855. The number of hydrogen-bond acceptors (Lipinski definition) is 6. The number of hydrogen-bond donors (Lipinski definition) is 0. The quantitative estimate of drug-likeness (QED) is 0.735. The van der Waals surface area contributed by atoms with Gasteiger partial charge in [0.05, 0.1) is 17.9 Å². The molecule has 0 atom stereocenters. The van der Waals surface area contributed by atoms with Gasteiger partial charge in [-0.25, -0.2) is 4.79 Å². The number of tetrazole rings is 1. The summed E-state index contributed by atoms with van der Waals surface area (Å²) < 4.78 is 6.73. The highest BCUT2D eigenvalue weighted by Crippen LogP contribution is 2.43. The molecule has 0 aliphatic heterocycles. The highest BCUT2D eigenvalue weighted by molar-refractivity contribution is 5.90. The summed E-state index contributed by atoms with van der Waals surface area (Å²) in [7, 11) is 1.81. The SMILES string of the molecule is CCOC(=O)c1cccc(-n2nnnc2C2(N(C)C(C)=O)CCC(C)CC2)c1. The van der Waals surface area contributed by atoms with Gasteiger partial charge in [0, 0.05) is 14.0 Å². The van der Waals surface area contributed by atoms with Gasteiger partial charge in [-0.3, -0.25) is 4.79 Å². The van der Waals surface area contributed by atoms with E-state index in [9.17, 15) is 9.59 Å². The predicted molar refractivity (Wildman–Crippen MR) is 103 cm³/mol. The maximum Gasteiger partial charge on any atom is 0.338 e. The zero-order valence-electron chi connectivity index (χ0n) is 16.9. The zero-order valence-corrected chi connectivity index (χ0v) is 16.9. The Hall–Kier alpha value is -2.77. The van der Waals surface area contributed by atoms with Crippen LogP contribution < -0.4 is 0 Å². The molecule has 0 radical (unpaired) electrons. The molecule has 2 aromatic rings. The number of rotatable bonds is 5. The van der Waals surface area contributed by atoms with Gasteiger partial charge in [-0.1, -0.05) is 13.0 Å². The van der Waals surface area contributed by atoms with Gasteiger partial charge in [-0.15, -0.1) is 5.10 Å². The molecule has 3 rings (SSSR count). The molecular formula is C20H27N5O3. The normalized spacial score (nSPS) is 21.9.